The van der Waals surface area contributed by atoms with E-state index in [4.69, 9.17) is 14.7 Å². The van der Waals surface area contributed by atoms with E-state index in [1.54, 1.807) is 0 Å². The van der Waals surface area contributed by atoms with Gasteiger partial charge >= 0.3 is 7.32 Å². The highest BCUT2D eigenvalue weighted by molar-refractivity contribution is 6.34. The van der Waals surface area contributed by atoms with Crippen LogP contribution in [0.5, 0.6) is 5.75 Å². The van der Waals surface area contributed by atoms with Gasteiger partial charge < -0.3 is 19.6 Å². The summed E-state index contributed by atoms with van der Waals surface area (Å²) in [4.78, 5) is 1.87. The predicted octanol–water partition coefficient (Wildman–Crippen LogP) is 1.25. The molecule has 2 N–H and O–H groups in total. The molecular weight excluding hydrogens is 217 g/mol. The number of benzene rings is 2. The molecule has 0 saturated carbocycles. The molecule has 2 rings (SSSR count). The Morgan fingerprint density at radius 3 is 2.41 bits per heavy atom. The Bertz CT molecular complexity index is 528. The van der Waals surface area contributed by atoms with Crippen molar-refractivity contribution in [1.29, 1.82) is 0 Å². The van der Waals surface area contributed by atoms with Crippen LogP contribution in [0.15, 0.2) is 36.4 Å². The van der Waals surface area contributed by atoms with Crippen LogP contribution < -0.4 is 9.55 Å². The van der Waals surface area contributed by atoms with Crippen LogP contribution in [0.4, 0.5) is 5.69 Å². The molecule has 0 heterocycles. The van der Waals surface area contributed by atoms with Crippen molar-refractivity contribution in [1.82, 2.24) is 0 Å². The molecule has 0 fully saturated rings. The Balaban J connectivity index is 2.66. The van der Waals surface area contributed by atoms with Crippen LogP contribution in [0.1, 0.15) is 0 Å². The number of nitrogens with zero attached hydrogens (tertiary/aromatic N) is 1. The normalized spacial score (nSPS) is 10.4. The van der Waals surface area contributed by atoms with Crippen molar-refractivity contribution < 1.29 is 14.7 Å². The summed E-state index contributed by atoms with van der Waals surface area (Å²) in [5.74, 6) is 0.475. The van der Waals surface area contributed by atoms with E-state index in [0.717, 1.165) is 16.5 Å². The fourth-order valence-electron chi connectivity index (χ4n) is 1.81. The molecule has 0 spiro atoms. The summed E-state index contributed by atoms with van der Waals surface area (Å²) in [5, 5.41) is 19.8. The van der Waals surface area contributed by atoms with Crippen LogP contribution in [-0.2, 0) is 0 Å². The van der Waals surface area contributed by atoms with E-state index in [2.05, 4.69) is 0 Å². The second-order valence-corrected chi connectivity index (χ2v) is 3.97. The fourth-order valence-corrected chi connectivity index (χ4v) is 1.81. The van der Waals surface area contributed by atoms with Gasteiger partial charge in [0.25, 0.3) is 0 Å². The molecule has 0 aliphatic carbocycles. The maximum absolute atomic E-state index is 8.99. The molecule has 0 atom stereocenters. The molecular formula is C12H14BNO3. The summed E-state index contributed by atoms with van der Waals surface area (Å²) in [5.41, 5.74) is 0.803. The first-order chi connectivity index (χ1) is 8.09. The lowest BCUT2D eigenvalue weighted by Crippen LogP contribution is -2.22. The predicted molar refractivity (Wildman–Crippen MR) is 69.1 cm³/mol. The summed E-state index contributed by atoms with van der Waals surface area (Å²) in [7, 11) is 1.93. The van der Waals surface area contributed by atoms with E-state index in [1.165, 1.54) is 0 Å². The zero-order valence-corrected chi connectivity index (χ0v) is 9.79. The highest BCUT2D eigenvalue weighted by Gasteiger charge is 2.17. The van der Waals surface area contributed by atoms with E-state index < -0.39 is 7.32 Å². The second-order valence-electron chi connectivity index (χ2n) is 3.97. The van der Waals surface area contributed by atoms with Crippen molar-refractivity contribution in [3.05, 3.63) is 36.4 Å². The standard InChI is InChI=1S/C12H14BNO3/c1-14(2)11-8-7-9-5-3-4-6-10(9)12(11)17-13(15)16/h3-8,15-16H,1-2H3. The van der Waals surface area contributed by atoms with Crippen molar-refractivity contribution in [3.63, 3.8) is 0 Å². The summed E-state index contributed by atoms with van der Waals surface area (Å²) in [6.45, 7) is 0. The topological polar surface area (TPSA) is 52.9 Å². The summed E-state index contributed by atoms with van der Waals surface area (Å²) < 4.78 is 5.09. The third-order valence-electron chi connectivity index (χ3n) is 2.56. The van der Waals surface area contributed by atoms with Crippen LogP contribution in [0.2, 0.25) is 0 Å². The first-order valence-electron chi connectivity index (χ1n) is 5.31. The molecule has 0 aromatic heterocycles. The zero-order valence-electron chi connectivity index (χ0n) is 9.79. The molecule has 88 valence electrons. The number of hydrogen-bond donors (Lipinski definition) is 2. The largest absolute Gasteiger partial charge is 0.707 e. The van der Waals surface area contributed by atoms with E-state index in [1.807, 2.05) is 55.4 Å². The average Bonchev–Trinajstić information content (AvgIpc) is 2.28. The van der Waals surface area contributed by atoms with E-state index in [9.17, 15) is 0 Å². The van der Waals surface area contributed by atoms with Gasteiger partial charge in [-0.05, 0) is 11.5 Å². The Hall–Kier alpha value is -1.72. The number of fused-ring (bicyclic) bond motifs is 1. The monoisotopic (exact) mass is 231 g/mol. The number of rotatable bonds is 3. The molecule has 17 heavy (non-hydrogen) atoms. The molecule has 5 heteroatoms. The number of hydrogen-bond acceptors (Lipinski definition) is 4. The van der Waals surface area contributed by atoms with Crippen molar-refractivity contribution in [2.75, 3.05) is 19.0 Å². The van der Waals surface area contributed by atoms with Crippen LogP contribution in [0.25, 0.3) is 10.8 Å². The van der Waals surface area contributed by atoms with Gasteiger partial charge in [0.15, 0.2) is 0 Å². The molecule has 0 aliphatic rings. The molecule has 4 nitrogen and oxygen atoms in total. The lowest BCUT2D eigenvalue weighted by atomic mass is 10.1. The van der Waals surface area contributed by atoms with Gasteiger partial charge in [0, 0.05) is 19.5 Å². The lowest BCUT2D eigenvalue weighted by molar-refractivity contribution is 0.290. The van der Waals surface area contributed by atoms with Crippen molar-refractivity contribution >= 4 is 23.8 Å². The minimum Gasteiger partial charge on any atom is -0.510 e. The Morgan fingerprint density at radius 2 is 1.76 bits per heavy atom. The molecule has 0 amide bonds. The van der Waals surface area contributed by atoms with Gasteiger partial charge in [0.1, 0.15) is 5.75 Å². The van der Waals surface area contributed by atoms with Gasteiger partial charge in [-0.1, -0.05) is 30.3 Å². The Morgan fingerprint density at radius 1 is 1.06 bits per heavy atom. The minimum atomic E-state index is -1.82. The summed E-state index contributed by atoms with van der Waals surface area (Å²) >= 11 is 0. The van der Waals surface area contributed by atoms with Crippen LogP contribution in [0.3, 0.4) is 0 Å². The van der Waals surface area contributed by atoms with Crippen molar-refractivity contribution in [2.45, 2.75) is 0 Å². The SMILES string of the molecule is CN(C)c1ccc2ccccc2c1OB(O)O. The Labute approximate surface area is 100 Å². The van der Waals surface area contributed by atoms with Crippen LogP contribution in [-0.4, -0.2) is 31.5 Å². The highest BCUT2D eigenvalue weighted by Crippen LogP contribution is 2.35. The zero-order chi connectivity index (χ0) is 12.4. The molecule has 0 saturated heterocycles. The molecule has 0 aliphatic heterocycles. The van der Waals surface area contributed by atoms with E-state index in [-0.39, 0.29) is 0 Å². The Kier molecular flexibility index (Phi) is 3.22. The maximum Gasteiger partial charge on any atom is 0.707 e. The van der Waals surface area contributed by atoms with Gasteiger partial charge in [-0.2, -0.15) is 0 Å². The molecule has 0 unspecified atom stereocenters. The molecule has 2 aromatic carbocycles. The minimum absolute atomic E-state index is 0.475. The average molecular weight is 231 g/mol. The highest BCUT2D eigenvalue weighted by atomic mass is 16.6. The van der Waals surface area contributed by atoms with Crippen molar-refractivity contribution in [3.8, 4) is 5.75 Å². The van der Waals surface area contributed by atoms with E-state index >= 15 is 0 Å². The van der Waals surface area contributed by atoms with Gasteiger partial charge in [0.05, 0.1) is 5.69 Å². The van der Waals surface area contributed by atoms with Gasteiger partial charge in [-0.3, -0.25) is 0 Å². The summed E-state index contributed by atoms with van der Waals surface area (Å²) in [6, 6.07) is 11.5. The second kappa shape index (κ2) is 4.65. The third-order valence-corrected chi connectivity index (χ3v) is 2.56. The molecule has 2 aromatic rings. The summed E-state index contributed by atoms with van der Waals surface area (Å²) in [6.07, 6.45) is 0. The first-order valence-corrected chi connectivity index (χ1v) is 5.31. The fraction of sp³-hybridized carbons (Fsp3) is 0.167. The quantitative estimate of drug-likeness (QED) is 0.780. The van der Waals surface area contributed by atoms with Gasteiger partial charge in [-0.25, -0.2) is 0 Å². The molecule has 0 bridgehead atoms. The van der Waals surface area contributed by atoms with Crippen LogP contribution in [0, 0.1) is 0 Å². The molecule has 0 radical (unpaired) electrons. The smallest absolute Gasteiger partial charge is 0.510 e. The third kappa shape index (κ3) is 2.35. The van der Waals surface area contributed by atoms with Gasteiger partial charge in [0.2, 0.25) is 0 Å². The van der Waals surface area contributed by atoms with Gasteiger partial charge in [-0.15, -0.1) is 0 Å². The van der Waals surface area contributed by atoms with Crippen molar-refractivity contribution in [2.24, 2.45) is 0 Å². The lowest BCUT2D eigenvalue weighted by Gasteiger charge is -2.19. The number of anilines is 1. The van der Waals surface area contributed by atoms with Crippen LogP contribution >= 0.6 is 0 Å². The first kappa shape index (κ1) is 11.8. The van der Waals surface area contributed by atoms with E-state index in [0.29, 0.717) is 5.75 Å². The maximum atomic E-state index is 8.99.